The van der Waals surface area contributed by atoms with E-state index in [0.717, 1.165) is 16.6 Å². The Labute approximate surface area is 109 Å². The molecule has 2 rings (SSSR count). The Balaban J connectivity index is 2.42. The van der Waals surface area contributed by atoms with Crippen LogP contribution in [0.1, 0.15) is 38.8 Å². The van der Waals surface area contributed by atoms with Gasteiger partial charge >= 0.3 is 7.12 Å². The Bertz CT molecular complexity index is 441. The molecule has 1 saturated heterocycles. The second kappa shape index (κ2) is 4.00. The van der Waals surface area contributed by atoms with Crippen molar-refractivity contribution in [3.8, 4) is 5.75 Å². The van der Waals surface area contributed by atoms with Gasteiger partial charge in [-0.25, -0.2) is 0 Å². The van der Waals surface area contributed by atoms with E-state index in [2.05, 4.69) is 0 Å². The average molecular weight is 248 g/mol. The minimum Gasteiger partial charge on any atom is -0.508 e. The molecule has 1 aromatic rings. The lowest BCUT2D eigenvalue weighted by atomic mass is 9.73. The quantitative estimate of drug-likeness (QED) is 0.775. The predicted octanol–water partition coefficient (Wildman–Crippen LogP) is 2.31. The molecule has 18 heavy (non-hydrogen) atoms. The van der Waals surface area contributed by atoms with Crippen molar-refractivity contribution in [1.29, 1.82) is 0 Å². The van der Waals surface area contributed by atoms with Crippen LogP contribution in [0.25, 0.3) is 0 Å². The molecule has 0 spiro atoms. The highest BCUT2D eigenvalue weighted by Gasteiger charge is 2.52. The van der Waals surface area contributed by atoms with E-state index in [1.165, 1.54) is 0 Å². The molecule has 0 radical (unpaired) electrons. The fraction of sp³-hybridized carbons (Fsp3) is 0.571. The molecule has 1 N–H and O–H groups in total. The van der Waals surface area contributed by atoms with Crippen molar-refractivity contribution in [2.75, 3.05) is 0 Å². The zero-order chi connectivity index (χ0) is 13.7. The summed E-state index contributed by atoms with van der Waals surface area (Å²) < 4.78 is 12.1. The van der Waals surface area contributed by atoms with Crippen LogP contribution >= 0.6 is 0 Å². The normalized spacial score (nSPS) is 21.3. The van der Waals surface area contributed by atoms with Gasteiger partial charge in [-0.3, -0.25) is 0 Å². The highest BCUT2D eigenvalue weighted by molar-refractivity contribution is 6.63. The molecule has 0 saturated carbocycles. The fourth-order valence-electron chi connectivity index (χ4n) is 2.28. The molecule has 98 valence electrons. The summed E-state index contributed by atoms with van der Waals surface area (Å²) in [5.74, 6) is 0.283. The second-order valence-electron chi connectivity index (χ2n) is 6.08. The summed E-state index contributed by atoms with van der Waals surface area (Å²) in [6.45, 7) is 12.1. The third-order valence-corrected chi connectivity index (χ3v) is 4.07. The monoisotopic (exact) mass is 248 g/mol. The lowest BCUT2D eigenvalue weighted by Gasteiger charge is -2.32. The minimum atomic E-state index is -0.365. The number of rotatable bonds is 1. The first-order valence-electron chi connectivity index (χ1n) is 6.30. The molecule has 4 heteroatoms. The van der Waals surface area contributed by atoms with Crippen molar-refractivity contribution in [3.05, 3.63) is 23.3 Å². The van der Waals surface area contributed by atoms with E-state index in [9.17, 15) is 5.11 Å². The lowest BCUT2D eigenvalue weighted by Crippen LogP contribution is -2.41. The molecule has 0 amide bonds. The lowest BCUT2D eigenvalue weighted by molar-refractivity contribution is 0.00578. The topological polar surface area (TPSA) is 38.7 Å². The van der Waals surface area contributed by atoms with Crippen molar-refractivity contribution in [3.63, 3.8) is 0 Å². The minimum absolute atomic E-state index is 0.283. The SMILES string of the molecule is Cc1cc(O)cc(C)c1B1OC(C)(C)C(C)(C)O1. The summed E-state index contributed by atoms with van der Waals surface area (Å²) in [4.78, 5) is 0. The van der Waals surface area contributed by atoms with Crippen LogP contribution in [0.3, 0.4) is 0 Å². The maximum atomic E-state index is 9.58. The molecule has 0 aliphatic carbocycles. The van der Waals surface area contributed by atoms with Crippen LogP contribution in [0.2, 0.25) is 0 Å². The largest absolute Gasteiger partial charge is 0.508 e. The number of benzene rings is 1. The Morgan fingerprint density at radius 3 is 1.72 bits per heavy atom. The van der Waals surface area contributed by atoms with Crippen LogP contribution in [0.4, 0.5) is 0 Å². The number of phenols is 1. The van der Waals surface area contributed by atoms with Gasteiger partial charge in [0, 0.05) is 0 Å². The van der Waals surface area contributed by atoms with Gasteiger partial charge in [-0.2, -0.15) is 0 Å². The number of aryl methyl sites for hydroxylation is 2. The smallest absolute Gasteiger partial charge is 0.495 e. The van der Waals surface area contributed by atoms with Gasteiger partial charge in [-0.1, -0.05) is 0 Å². The molecule has 1 aliphatic heterocycles. The average Bonchev–Trinajstić information content (AvgIpc) is 2.32. The third kappa shape index (κ3) is 2.04. The van der Waals surface area contributed by atoms with Crippen LogP contribution in [-0.2, 0) is 9.31 Å². The van der Waals surface area contributed by atoms with Crippen LogP contribution in [0.15, 0.2) is 12.1 Å². The Morgan fingerprint density at radius 1 is 0.944 bits per heavy atom. The van der Waals surface area contributed by atoms with E-state index in [1.807, 2.05) is 41.5 Å². The molecule has 1 aromatic carbocycles. The molecule has 3 nitrogen and oxygen atoms in total. The van der Waals surface area contributed by atoms with Gasteiger partial charge in [0.05, 0.1) is 11.2 Å². The predicted molar refractivity (Wildman–Crippen MR) is 73.3 cm³/mol. The van der Waals surface area contributed by atoms with Gasteiger partial charge in [0.15, 0.2) is 0 Å². The summed E-state index contributed by atoms with van der Waals surface area (Å²) in [6, 6.07) is 3.49. The van der Waals surface area contributed by atoms with Crippen molar-refractivity contribution >= 4 is 12.6 Å². The Kier molecular flexibility index (Phi) is 2.99. The summed E-state index contributed by atoms with van der Waals surface area (Å²) >= 11 is 0. The van der Waals surface area contributed by atoms with Crippen molar-refractivity contribution in [1.82, 2.24) is 0 Å². The van der Waals surface area contributed by atoms with E-state index in [1.54, 1.807) is 12.1 Å². The third-order valence-electron chi connectivity index (χ3n) is 4.07. The zero-order valence-electron chi connectivity index (χ0n) is 12.0. The van der Waals surface area contributed by atoms with Crippen LogP contribution in [-0.4, -0.2) is 23.4 Å². The molecule has 1 fully saturated rings. The highest BCUT2D eigenvalue weighted by Crippen LogP contribution is 2.37. The van der Waals surface area contributed by atoms with Gasteiger partial charge < -0.3 is 14.4 Å². The Morgan fingerprint density at radius 2 is 1.33 bits per heavy atom. The van der Waals surface area contributed by atoms with E-state index in [4.69, 9.17) is 9.31 Å². The first kappa shape index (κ1) is 13.4. The number of aromatic hydroxyl groups is 1. The van der Waals surface area contributed by atoms with Crippen molar-refractivity contribution in [2.24, 2.45) is 0 Å². The number of phenolic OH excluding ortho intramolecular Hbond substituents is 1. The van der Waals surface area contributed by atoms with E-state index >= 15 is 0 Å². The highest BCUT2D eigenvalue weighted by atomic mass is 16.7. The number of hydrogen-bond donors (Lipinski definition) is 1. The van der Waals surface area contributed by atoms with E-state index in [-0.39, 0.29) is 24.1 Å². The van der Waals surface area contributed by atoms with Crippen molar-refractivity contribution in [2.45, 2.75) is 52.7 Å². The first-order valence-corrected chi connectivity index (χ1v) is 6.30. The van der Waals surface area contributed by atoms with Gasteiger partial charge in [0.25, 0.3) is 0 Å². The molecule has 0 bridgehead atoms. The van der Waals surface area contributed by atoms with Crippen LogP contribution in [0.5, 0.6) is 5.75 Å². The first-order chi connectivity index (χ1) is 8.14. The summed E-state index contributed by atoms with van der Waals surface area (Å²) in [5.41, 5.74) is 2.33. The van der Waals surface area contributed by atoms with Gasteiger partial charge in [0.2, 0.25) is 0 Å². The second-order valence-corrected chi connectivity index (χ2v) is 6.08. The van der Waals surface area contributed by atoms with Gasteiger partial charge in [-0.05, 0) is 70.3 Å². The van der Waals surface area contributed by atoms with Crippen LogP contribution < -0.4 is 5.46 Å². The van der Waals surface area contributed by atoms with Crippen LogP contribution in [0, 0.1) is 13.8 Å². The zero-order valence-corrected chi connectivity index (χ0v) is 12.0. The maximum absolute atomic E-state index is 9.58. The molecular weight excluding hydrogens is 227 g/mol. The summed E-state index contributed by atoms with van der Waals surface area (Å²) in [5, 5.41) is 9.58. The van der Waals surface area contributed by atoms with Gasteiger partial charge in [0.1, 0.15) is 5.75 Å². The molecule has 0 unspecified atom stereocenters. The van der Waals surface area contributed by atoms with E-state index < -0.39 is 0 Å². The molecule has 1 heterocycles. The summed E-state index contributed by atoms with van der Waals surface area (Å²) in [7, 11) is -0.365. The fourth-order valence-corrected chi connectivity index (χ4v) is 2.28. The summed E-state index contributed by atoms with van der Waals surface area (Å²) in [6.07, 6.45) is 0. The molecular formula is C14H21BO3. The molecule has 0 aromatic heterocycles. The standard InChI is InChI=1S/C14H21BO3/c1-9-7-11(16)8-10(2)12(9)15-17-13(3,4)14(5,6)18-15/h7-8,16H,1-6H3. The van der Waals surface area contributed by atoms with E-state index in [0.29, 0.717) is 0 Å². The van der Waals surface area contributed by atoms with Gasteiger partial charge in [-0.15, -0.1) is 0 Å². The van der Waals surface area contributed by atoms with Crippen molar-refractivity contribution < 1.29 is 14.4 Å². The Hall–Kier alpha value is -0.995. The maximum Gasteiger partial charge on any atom is 0.495 e. The molecule has 0 atom stereocenters. The molecule has 1 aliphatic rings. The number of hydrogen-bond acceptors (Lipinski definition) is 3.